The highest BCUT2D eigenvalue weighted by atomic mass is 16.2. The van der Waals surface area contributed by atoms with Gasteiger partial charge in [-0.15, -0.1) is 0 Å². The fourth-order valence-corrected chi connectivity index (χ4v) is 1.77. The second kappa shape index (κ2) is 4.33. The fourth-order valence-electron chi connectivity index (χ4n) is 1.77. The highest BCUT2D eigenvalue weighted by Gasteiger charge is 2.07. The van der Waals surface area contributed by atoms with Gasteiger partial charge in [0.25, 0.3) is 0 Å². The molecule has 0 unspecified atom stereocenters. The van der Waals surface area contributed by atoms with Gasteiger partial charge in [0.1, 0.15) is 5.82 Å². The molecule has 2 rings (SSSR count). The number of fused-ring (bicyclic) bond motifs is 1. The zero-order chi connectivity index (χ0) is 11.5. The van der Waals surface area contributed by atoms with E-state index in [0.717, 1.165) is 23.3 Å². The van der Waals surface area contributed by atoms with Crippen molar-refractivity contribution in [2.45, 2.75) is 12.8 Å². The number of rotatable bonds is 3. The van der Waals surface area contributed by atoms with E-state index >= 15 is 0 Å². The van der Waals surface area contributed by atoms with Crippen molar-refractivity contribution in [2.24, 2.45) is 7.05 Å². The summed E-state index contributed by atoms with van der Waals surface area (Å²) in [4.78, 5) is 4.47. The Morgan fingerprint density at radius 2 is 2.31 bits per heavy atom. The molecule has 16 heavy (non-hydrogen) atoms. The fraction of sp³-hybridized carbons (Fsp3) is 0.333. The number of aliphatic hydroxyl groups is 1. The Bertz CT molecular complexity index is 551. The first kappa shape index (κ1) is 10.7. The number of aromatic nitrogens is 2. The van der Waals surface area contributed by atoms with Gasteiger partial charge in [-0.2, -0.15) is 5.26 Å². The zero-order valence-electron chi connectivity index (χ0n) is 9.14. The summed E-state index contributed by atoms with van der Waals surface area (Å²) < 4.78 is 1.98. The second-order valence-corrected chi connectivity index (χ2v) is 3.73. The topological polar surface area (TPSA) is 61.8 Å². The van der Waals surface area contributed by atoms with Crippen molar-refractivity contribution in [3.05, 3.63) is 29.6 Å². The molecule has 0 fully saturated rings. The van der Waals surface area contributed by atoms with E-state index in [2.05, 4.69) is 11.1 Å². The van der Waals surface area contributed by atoms with Crippen LogP contribution in [0.1, 0.15) is 17.8 Å². The smallest absolute Gasteiger partial charge is 0.109 e. The molecule has 1 aromatic heterocycles. The molecule has 0 saturated heterocycles. The van der Waals surface area contributed by atoms with Crippen LogP contribution in [0.3, 0.4) is 0 Å². The van der Waals surface area contributed by atoms with Gasteiger partial charge < -0.3 is 9.67 Å². The van der Waals surface area contributed by atoms with Crippen LogP contribution < -0.4 is 0 Å². The van der Waals surface area contributed by atoms with Crippen molar-refractivity contribution in [1.29, 1.82) is 5.26 Å². The van der Waals surface area contributed by atoms with Gasteiger partial charge >= 0.3 is 0 Å². The summed E-state index contributed by atoms with van der Waals surface area (Å²) >= 11 is 0. The van der Waals surface area contributed by atoms with E-state index in [4.69, 9.17) is 10.4 Å². The molecule has 4 nitrogen and oxygen atoms in total. The van der Waals surface area contributed by atoms with E-state index in [1.807, 2.05) is 23.7 Å². The number of nitriles is 1. The average molecular weight is 215 g/mol. The number of benzene rings is 1. The van der Waals surface area contributed by atoms with Crippen LogP contribution in [0.15, 0.2) is 18.2 Å². The lowest BCUT2D eigenvalue weighted by molar-refractivity contribution is 0.287. The number of aliphatic hydroxyl groups excluding tert-OH is 1. The SMILES string of the molecule is Cn1c(CCCO)nc2ccc(C#N)cc21. The van der Waals surface area contributed by atoms with E-state index in [9.17, 15) is 0 Å². The lowest BCUT2D eigenvalue weighted by Crippen LogP contribution is -1.99. The maximum Gasteiger partial charge on any atom is 0.109 e. The highest BCUT2D eigenvalue weighted by molar-refractivity contribution is 5.77. The summed E-state index contributed by atoms with van der Waals surface area (Å²) in [6, 6.07) is 7.58. The Kier molecular flexibility index (Phi) is 2.88. The lowest BCUT2D eigenvalue weighted by atomic mass is 10.2. The third-order valence-electron chi connectivity index (χ3n) is 2.66. The molecule has 0 radical (unpaired) electrons. The Hall–Kier alpha value is -1.86. The molecular weight excluding hydrogens is 202 g/mol. The Labute approximate surface area is 93.8 Å². The molecule has 0 aliphatic heterocycles. The van der Waals surface area contributed by atoms with Crippen LogP contribution in [-0.2, 0) is 13.5 Å². The van der Waals surface area contributed by atoms with Gasteiger partial charge in [-0.1, -0.05) is 0 Å². The number of nitrogens with zero attached hydrogens (tertiary/aromatic N) is 3. The molecule has 1 N–H and O–H groups in total. The summed E-state index contributed by atoms with van der Waals surface area (Å²) in [6.45, 7) is 0.173. The van der Waals surface area contributed by atoms with Crippen molar-refractivity contribution in [3.63, 3.8) is 0 Å². The Balaban J connectivity index is 2.47. The van der Waals surface area contributed by atoms with Crippen LogP contribution in [0.4, 0.5) is 0 Å². The van der Waals surface area contributed by atoms with Crippen molar-refractivity contribution < 1.29 is 5.11 Å². The molecule has 0 saturated carbocycles. The predicted octanol–water partition coefficient (Wildman–Crippen LogP) is 1.37. The van der Waals surface area contributed by atoms with E-state index < -0.39 is 0 Å². The van der Waals surface area contributed by atoms with Gasteiger partial charge in [0.2, 0.25) is 0 Å². The molecule has 82 valence electrons. The third-order valence-corrected chi connectivity index (χ3v) is 2.66. The van der Waals surface area contributed by atoms with Gasteiger partial charge in [0, 0.05) is 20.1 Å². The first-order valence-electron chi connectivity index (χ1n) is 5.22. The highest BCUT2D eigenvalue weighted by Crippen LogP contribution is 2.17. The average Bonchev–Trinajstić information content (AvgIpc) is 2.63. The Morgan fingerprint density at radius 3 is 3.00 bits per heavy atom. The molecule has 4 heteroatoms. The van der Waals surface area contributed by atoms with Crippen molar-refractivity contribution >= 4 is 11.0 Å². The number of hydrogen-bond acceptors (Lipinski definition) is 3. The second-order valence-electron chi connectivity index (χ2n) is 3.73. The van der Waals surface area contributed by atoms with E-state index in [1.165, 1.54) is 0 Å². The summed E-state index contributed by atoms with van der Waals surface area (Å²) in [5, 5.41) is 17.6. The molecule has 0 bridgehead atoms. The molecule has 0 spiro atoms. The normalized spacial score (nSPS) is 10.6. The maximum atomic E-state index is 8.82. The summed E-state index contributed by atoms with van der Waals surface area (Å²) in [5.41, 5.74) is 2.51. The maximum absolute atomic E-state index is 8.82. The predicted molar refractivity (Wildman–Crippen MR) is 60.8 cm³/mol. The number of hydrogen-bond donors (Lipinski definition) is 1. The number of aryl methyl sites for hydroxylation is 2. The van der Waals surface area contributed by atoms with Crippen LogP contribution >= 0.6 is 0 Å². The van der Waals surface area contributed by atoms with Crippen LogP contribution in [0, 0.1) is 11.3 Å². The minimum absolute atomic E-state index is 0.173. The summed E-state index contributed by atoms with van der Waals surface area (Å²) in [6.07, 6.45) is 1.46. The molecule has 1 heterocycles. The molecule has 2 aromatic rings. The van der Waals surface area contributed by atoms with Gasteiger partial charge in [-0.3, -0.25) is 0 Å². The van der Waals surface area contributed by atoms with E-state index in [-0.39, 0.29) is 6.61 Å². The molecule has 0 aliphatic rings. The molecule has 0 amide bonds. The summed E-state index contributed by atoms with van der Waals surface area (Å²) in [5.74, 6) is 0.944. The first-order valence-corrected chi connectivity index (χ1v) is 5.22. The van der Waals surface area contributed by atoms with Gasteiger partial charge in [-0.25, -0.2) is 4.98 Å². The quantitative estimate of drug-likeness (QED) is 0.841. The molecular formula is C12H13N3O. The first-order chi connectivity index (χ1) is 7.76. The zero-order valence-corrected chi connectivity index (χ0v) is 9.14. The minimum Gasteiger partial charge on any atom is -0.396 e. The Morgan fingerprint density at radius 1 is 1.50 bits per heavy atom. The van der Waals surface area contributed by atoms with Crippen LogP contribution in [-0.4, -0.2) is 21.3 Å². The standard InChI is InChI=1S/C12H13N3O/c1-15-11-7-9(8-13)4-5-10(11)14-12(15)3-2-6-16/h4-5,7,16H,2-3,6H2,1H3. The van der Waals surface area contributed by atoms with Crippen molar-refractivity contribution in [2.75, 3.05) is 6.61 Å². The van der Waals surface area contributed by atoms with Crippen molar-refractivity contribution in [3.8, 4) is 6.07 Å². The monoisotopic (exact) mass is 215 g/mol. The molecule has 0 atom stereocenters. The van der Waals surface area contributed by atoms with Gasteiger partial charge in [0.15, 0.2) is 0 Å². The van der Waals surface area contributed by atoms with E-state index in [1.54, 1.807) is 6.07 Å². The van der Waals surface area contributed by atoms with Crippen molar-refractivity contribution in [1.82, 2.24) is 9.55 Å². The van der Waals surface area contributed by atoms with E-state index in [0.29, 0.717) is 12.0 Å². The van der Waals surface area contributed by atoms with Crippen LogP contribution in [0.5, 0.6) is 0 Å². The van der Waals surface area contributed by atoms with Gasteiger partial charge in [-0.05, 0) is 24.6 Å². The van der Waals surface area contributed by atoms with Crippen LogP contribution in [0.25, 0.3) is 11.0 Å². The molecule has 0 aliphatic carbocycles. The van der Waals surface area contributed by atoms with Crippen LogP contribution in [0.2, 0.25) is 0 Å². The third kappa shape index (κ3) is 1.77. The largest absolute Gasteiger partial charge is 0.396 e. The number of imidazole rings is 1. The van der Waals surface area contributed by atoms with Gasteiger partial charge in [0.05, 0.1) is 22.7 Å². The molecule has 1 aromatic carbocycles. The summed E-state index contributed by atoms with van der Waals surface area (Å²) in [7, 11) is 1.93. The minimum atomic E-state index is 0.173. The lowest BCUT2D eigenvalue weighted by Gasteiger charge is -2.00.